The van der Waals surface area contributed by atoms with E-state index in [0.29, 0.717) is 4.47 Å². The van der Waals surface area contributed by atoms with Crippen molar-refractivity contribution in [1.29, 1.82) is 0 Å². The zero-order valence-corrected chi connectivity index (χ0v) is 14.1. The highest BCUT2D eigenvalue weighted by Gasteiger charge is 2.37. The van der Waals surface area contributed by atoms with Crippen LogP contribution < -0.4 is 0 Å². The molecular weight excluding hydrogens is 368 g/mol. The molecule has 0 spiro atoms. The number of benzene rings is 1. The van der Waals surface area contributed by atoms with Crippen LogP contribution in [-0.2, 0) is 19.1 Å². The quantitative estimate of drug-likeness (QED) is 0.746. The van der Waals surface area contributed by atoms with Crippen LogP contribution in [0.1, 0.15) is 47.4 Å². The van der Waals surface area contributed by atoms with Gasteiger partial charge in [-0.3, -0.25) is 19.2 Å². The molecule has 0 unspecified atom stereocenters. The number of rotatable bonds is 4. The van der Waals surface area contributed by atoms with Crippen molar-refractivity contribution in [3.05, 3.63) is 45.3 Å². The van der Waals surface area contributed by atoms with Gasteiger partial charge in [0.2, 0.25) is 23.1 Å². The summed E-state index contributed by atoms with van der Waals surface area (Å²) in [6.45, 7) is 3.08. The molecule has 0 aliphatic heterocycles. The highest BCUT2D eigenvalue weighted by molar-refractivity contribution is 9.10. The summed E-state index contributed by atoms with van der Waals surface area (Å²) in [7, 11) is 0. The van der Waals surface area contributed by atoms with E-state index in [1.165, 1.54) is 12.1 Å². The molecule has 0 heterocycles. The van der Waals surface area contributed by atoms with Crippen molar-refractivity contribution < 1.29 is 28.7 Å². The van der Waals surface area contributed by atoms with Crippen LogP contribution in [0.15, 0.2) is 34.2 Å². The van der Waals surface area contributed by atoms with Gasteiger partial charge >= 0.3 is 11.9 Å². The Labute approximate surface area is 140 Å². The van der Waals surface area contributed by atoms with E-state index in [9.17, 15) is 19.2 Å². The van der Waals surface area contributed by atoms with Crippen molar-refractivity contribution in [2.75, 3.05) is 0 Å². The third-order valence-electron chi connectivity index (χ3n) is 3.10. The second kappa shape index (κ2) is 6.87. The molecule has 0 aromatic heterocycles. The molecule has 2 rings (SSSR count). The molecule has 1 aliphatic carbocycles. The van der Waals surface area contributed by atoms with Crippen molar-refractivity contribution in [1.82, 2.24) is 0 Å². The summed E-state index contributed by atoms with van der Waals surface area (Å²) in [5.74, 6) is -3.85. The van der Waals surface area contributed by atoms with E-state index in [0.717, 1.165) is 0 Å². The fourth-order valence-electron chi connectivity index (χ4n) is 1.91. The number of fused-ring (bicyclic) bond motifs is 1. The molecule has 0 amide bonds. The molecule has 0 saturated heterocycles. The van der Waals surface area contributed by atoms with Crippen LogP contribution in [0.5, 0.6) is 0 Å². The third-order valence-corrected chi connectivity index (χ3v) is 3.59. The lowest BCUT2D eigenvalue weighted by atomic mass is 9.92. The van der Waals surface area contributed by atoms with Gasteiger partial charge in [0, 0.05) is 28.4 Å². The number of Topliss-reactive ketones (excluding diaryl/α,β-unsaturated/α-hetero) is 2. The van der Waals surface area contributed by atoms with E-state index >= 15 is 0 Å². The molecule has 0 saturated carbocycles. The van der Waals surface area contributed by atoms with Crippen LogP contribution in [-0.4, -0.2) is 23.5 Å². The Hall–Kier alpha value is -2.28. The molecule has 0 bridgehead atoms. The second-order valence-corrected chi connectivity index (χ2v) is 5.58. The lowest BCUT2D eigenvalue weighted by Crippen LogP contribution is -2.27. The zero-order chi connectivity index (χ0) is 17.1. The van der Waals surface area contributed by atoms with Crippen LogP contribution in [0.2, 0.25) is 0 Å². The summed E-state index contributed by atoms with van der Waals surface area (Å²) >= 11 is 3.22. The number of ether oxygens (including phenoxy) is 2. The Morgan fingerprint density at radius 1 is 0.913 bits per heavy atom. The number of ketones is 2. The lowest BCUT2D eigenvalue weighted by Gasteiger charge is -2.19. The van der Waals surface area contributed by atoms with Crippen molar-refractivity contribution in [2.45, 2.75) is 26.7 Å². The molecule has 6 nitrogen and oxygen atoms in total. The van der Waals surface area contributed by atoms with Crippen LogP contribution in [0.3, 0.4) is 0 Å². The van der Waals surface area contributed by atoms with Gasteiger partial charge in [0.05, 0.1) is 0 Å². The van der Waals surface area contributed by atoms with Crippen LogP contribution in [0.4, 0.5) is 0 Å². The zero-order valence-electron chi connectivity index (χ0n) is 12.5. The number of carbonyl (C=O) groups is 4. The largest absolute Gasteiger partial charge is 0.418 e. The monoisotopic (exact) mass is 380 g/mol. The summed E-state index contributed by atoms with van der Waals surface area (Å²) in [6.07, 6.45) is 0.0124. The first-order chi connectivity index (χ1) is 10.9. The van der Waals surface area contributed by atoms with Gasteiger partial charge in [-0.05, 0) is 18.2 Å². The molecule has 0 N–H and O–H groups in total. The first-order valence-corrected chi connectivity index (χ1v) is 7.72. The van der Waals surface area contributed by atoms with Gasteiger partial charge < -0.3 is 9.47 Å². The van der Waals surface area contributed by atoms with Crippen molar-refractivity contribution in [3.63, 3.8) is 0 Å². The predicted octanol–water partition coefficient (Wildman–Crippen LogP) is 2.95. The van der Waals surface area contributed by atoms with Crippen LogP contribution >= 0.6 is 15.9 Å². The molecule has 120 valence electrons. The van der Waals surface area contributed by atoms with Gasteiger partial charge in [0.1, 0.15) is 0 Å². The number of carbonyl (C=O) groups excluding carboxylic acids is 4. The summed E-state index contributed by atoms with van der Waals surface area (Å²) in [5.41, 5.74) is 0.174. The summed E-state index contributed by atoms with van der Waals surface area (Å²) in [6, 6.07) is 4.48. The first kappa shape index (κ1) is 17.1. The number of esters is 2. The Balaban J connectivity index is 2.58. The van der Waals surface area contributed by atoms with E-state index in [4.69, 9.17) is 9.47 Å². The second-order valence-electron chi connectivity index (χ2n) is 4.66. The van der Waals surface area contributed by atoms with Gasteiger partial charge in [0.15, 0.2) is 0 Å². The fraction of sp³-hybridized carbons (Fsp3) is 0.250. The Morgan fingerprint density at radius 3 is 1.87 bits per heavy atom. The maximum absolute atomic E-state index is 12.5. The number of hydrogen-bond acceptors (Lipinski definition) is 6. The van der Waals surface area contributed by atoms with E-state index in [1.54, 1.807) is 19.9 Å². The molecule has 0 atom stereocenters. The molecule has 0 fully saturated rings. The molecular formula is C16H13BrO6. The Kier molecular flexibility index (Phi) is 5.10. The minimum Gasteiger partial charge on any atom is -0.418 e. The molecule has 23 heavy (non-hydrogen) atoms. The van der Waals surface area contributed by atoms with Gasteiger partial charge in [-0.1, -0.05) is 29.8 Å². The number of halogens is 1. The Morgan fingerprint density at radius 2 is 1.39 bits per heavy atom. The number of allylic oxidation sites excluding steroid dienone is 2. The van der Waals surface area contributed by atoms with Gasteiger partial charge in [-0.2, -0.15) is 0 Å². The normalized spacial score (nSPS) is 13.7. The third kappa shape index (κ3) is 3.39. The lowest BCUT2D eigenvalue weighted by molar-refractivity contribution is -0.142. The summed E-state index contributed by atoms with van der Waals surface area (Å²) < 4.78 is 10.5. The van der Waals surface area contributed by atoms with Gasteiger partial charge in [-0.15, -0.1) is 0 Å². The van der Waals surface area contributed by atoms with Gasteiger partial charge in [-0.25, -0.2) is 0 Å². The first-order valence-electron chi connectivity index (χ1n) is 6.93. The standard InChI is InChI=1S/C16H13BrO6/c1-3-11(18)22-15-13(20)9-6-5-8(17)7-10(9)14(21)16(15)23-12(19)4-2/h5-7H,3-4H2,1-2H3. The summed E-state index contributed by atoms with van der Waals surface area (Å²) in [5, 5.41) is 0. The van der Waals surface area contributed by atoms with E-state index in [2.05, 4.69) is 15.9 Å². The SMILES string of the molecule is CCC(=O)OC1=C(OC(=O)CC)C(=O)c2cc(Br)ccc2C1=O. The molecule has 7 heteroatoms. The smallest absolute Gasteiger partial charge is 0.311 e. The van der Waals surface area contributed by atoms with Crippen molar-refractivity contribution >= 4 is 39.4 Å². The summed E-state index contributed by atoms with van der Waals surface area (Å²) in [4.78, 5) is 48.1. The molecule has 1 aromatic rings. The fourth-order valence-corrected chi connectivity index (χ4v) is 2.27. The molecule has 0 radical (unpaired) electrons. The number of hydrogen-bond donors (Lipinski definition) is 0. The Bertz CT molecular complexity index is 747. The van der Waals surface area contributed by atoms with Gasteiger partial charge in [0.25, 0.3) is 0 Å². The topological polar surface area (TPSA) is 86.7 Å². The van der Waals surface area contributed by atoms with E-state index < -0.39 is 35.0 Å². The van der Waals surface area contributed by atoms with Crippen molar-refractivity contribution in [3.8, 4) is 0 Å². The highest BCUT2D eigenvalue weighted by Crippen LogP contribution is 2.30. The molecule has 1 aliphatic rings. The average molecular weight is 381 g/mol. The minimum atomic E-state index is -0.704. The van der Waals surface area contributed by atoms with E-state index in [-0.39, 0.29) is 24.0 Å². The predicted molar refractivity (Wildman–Crippen MR) is 82.6 cm³/mol. The highest BCUT2D eigenvalue weighted by atomic mass is 79.9. The maximum Gasteiger partial charge on any atom is 0.311 e. The average Bonchev–Trinajstić information content (AvgIpc) is 2.54. The van der Waals surface area contributed by atoms with Crippen LogP contribution in [0, 0.1) is 0 Å². The van der Waals surface area contributed by atoms with Crippen LogP contribution in [0.25, 0.3) is 0 Å². The van der Waals surface area contributed by atoms with E-state index in [1.807, 2.05) is 0 Å². The molecule has 1 aromatic carbocycles. The van der Waals surface area contributed by atoms with Crippen molar-refractivity contribution in [2.24, 2.45) is 0 Å². The minimum absolute atomic E-state index is 0.00527. The maximum atomic E-state index is 12.5.